The first-order chi connectivity index (χ1) is 17.1. The molecular weight excluding hydrogens is 532 g/mol. The van der Waals surface area contributed by atoms with Crippen molar-refractivity contribution < 1.29 is 18.3 Å². The fraction of sp³-hybridized carbons (Fsp3) is 0.214. The third-order valence-corrected chi connectivity index (χ3v) is 8.09. The summed E-state index contributed by atoms with van der Waals surface area (Å²) in [6, 6.07) is 23.5. The van der Waals surface area contributed by atoms with Crippen molar-refractivity contribution in [3.63, 3.8) is 0 Å². The molecule has 0 amide bonds. The van der Waals surface area contributed by atoms with Crippen LogP contribution in [0.1, 0.15) is 29.4 Å². The maximum absolute atomic E-state index is 13.2. The first-order valence-electron chi connectivity index (χ1n) is 11.5. The standard InChI is InChI=1S/C28H22BrF2NO2S/c29-25-13-12-24(35-25)27-20-14-17(18-4-1-2-5-21(18)32-15-16-8-9-16)10-11-19(20)26-22(33-27)6-3-7-23(26)34-28(30)31/h1-7,10-14,16,27-28,32H,8-9,15H2. The lowest BCUT2D eigenvalue weighted by atomic mass is 9.88. The summed E-state index contributed by atoms with van der Waals surface area (Å²) in [7, 11) is 0. The van der Waals surface area contributed by atoms with Gasteiger partial charge < -0.3 is 14.8 Å². The molecule has 1 aliphatic carbocycles. The molecule has 1 N–H and O–H groups in total. The van der Waals surface area contributed by atoms with Gasteiger partial charge in [-0.25, -0.2) is 0 Å². The van der Waals surface area contributed by atoms with Crippen LogP contribution < -0.4 is 14.8 Å². The van der Waals surface area contributed by atoms with Crippen molar-refractivity contribution >= 4 is 33.0 Å². The zero-order valence-electron chi connectivity index (χ0n) is 18.6. The number of anilines is 1. The fourth-order valence-electron chi connectivity index (χ4n) is 4.58. The Hall–Kier alpha value is -2.90. The van der Waals surface area contributed by atoms with Crippen LogP contribution in [0.3, 0.4) is 0 Å². The number of ether oxygens (including phenoxy) is 2. The number of alkyl halides is 2. The largest absolute Gasteiger partial charge is 0.479 e. The Morgan fingerprint density at radius 1 is 1.00 bits per heavy atom. The van der Waals surface area contributed by atoms with Crippen LogP contribution in [0.2, 0.25) is 0 Å². The fourth-order valence-corrected chi connectivity index (χ4v) is 6.05. The highest BCUT2D eigenvalue weighted by Crippen LogP contribution is 2.51. The number of benzene rings is 3. The van der Waals surface area contributed by atoms with Gasteiger partial charge in [0.1, 0.15) is 11.5 Å². The van der Waals surface area contributed by atoms with Crippen LogP contribution in [-0.4, -0.2) is 13.2 Å². The molecule has 0 bridgehead atoms. The molecule has 7 heteroatoms. The summed E-state index contributed by atoms with van der Waals surface area (Å²) in [5.41, 5.74) is 5.55. The van der Waals surface area contributed by atoms with Gasteiger partial charge in [-0.05, 0) is 82.2 Å². The number of hydrogen-bond donors (Lipinski definition) is 1. The Kier molecular flexibility index (Phi) is 5.98. The molecule has 1 atom stereocenters. The van der Waals surface area contributed by atoms with E-state index in [1.54, 1.807) is 29.5 Å². The molecule has 4 aromatic rings. The molecule has 3 aromatic carbocycles. The number of hydrogen-bond acceptors (Lipinski definition) is 4. The molecule has 178 valence electrons. The summed E-state index contributed by atoms with van der Waals surface area (Å²) in [4.78, 5) is 1.03. The molecular formula is C28H22BrF2NO2S. The van der Waals surface area contributed by atoms with E-state index >= 15 is 0 Å². The van der Waals surface area contributed by atoms with Crippen molar-refractivity contribution in [2.24, 2.45) is 5.92 Å². The van der Waals surface area contributed by atoms with Crippen molar-refractivity contribution in [1.29, 1.82) is 0 Å². The van der Waals surface area contributed by atoms with E-state index in [0.717, 1.165) is 49.1 Å². The van der Waals surface area contributed by atoms with Crippen molar-refractivity contribution in [2.45, 2.75) is 25.6 Å². The minimum absolute atomic E-state index is 0.115. The van der Waals surface area contributed by atoms with Crippen molar-refractivity contribution in [2.75, 3.05) is 11.9 Å². The number of halogens is 3. The van der Waals surface area contributed by atoms with Gasteiger partial charge in [-0.3, -0.25) is 0 Å². The van der Waals surface area contributed by atoms with Crippen LogP contribution in [0.5, 0.6) is 11.5 Å². The topological polar surface area (TPSA) is 30.5 Å². The van der Waals surface area contributed by atoms with Crippen molar-refractivity contribution in [3.8, 4) is 33.8 Å². The molecule has 1 unspecified atom stereocenters. The molecule has 2 aliphatic rings. The smallest absolute Gasteiger partial charge is 0.387 e. The molecule has 1 saturated carbocycles. The van der Waals surface area contributed by atoms with Crippen molar-refractivity contribution in [3.05, 3.63) is 87.0 Å². The molecule has 6 rings (SSSR count). The van der Waals surface area contributed by atoms with E-state index in [9.17, 15) is 8.78 Å². The van der Waals surface area contributed by atoms with Crippen LogP contribution in [-0.2, 0) is 0 Å². The van der Waals surface area contributed by atoms with E-state index in [0.29, 0.717) is 11.3 Å². The molecule has 1 aromatic heterocycles. The maximum atomic E-state index is 13.2. The van der Waals surface area contributed by atoms with Gasteiger partial charge in [0, 0.05) is 23.4 Å². The van der Waals surface area contributed by atoms with Crippen LogP contribution in [0, 0.1) is 5.92 Å². The van der Waals surface area contributed by atoms with Crippen LogP contribution in [0.4, 0.5) is 14.5 Å². The van der Waals surface area contributed by atoms with E-state index in [1.165, 1.54) is 12.8 Å². The third-order valence-electron chi connectivity index (χ3n) is 6.42. The molecule has 0 spiro atoms. The number of para-hydroxylation sites is 1. The highest BCUT2D eigenvalue weighted by atomic mass is 79.9. The monoisotopic (exact) mass is 553 g/mol. The molecule has 0 radical (unpaired) electrons. The summed E-state index contributed by atoms with van der Waals surface area (Å²) < 4.78 is 38.7. The third kappa shape index (κ3) is 4.55. The highest BCUT2D eigenvalue weighted by molar-refractivity contribution is 9.11. The SMILES string of the molecule is FC(F)Oc1cccc2c1-c1ccc(-c3ccccc3NCC3CC3)cc1C(c1ccc(Br)s1)O2. The Labute approximate surface area is 214 Å². The predicted octanol–water partition coefficient (Wildman–Crippen LogP) is 8.75. The minimum atomic E-state index is -2.92. The first-order valence-corrected chi connectivity index (χ1v) is 13.1. The summed E-state index contributed by atoms with van der Waals surface area (Å²) in [5.74, 6) is 1.40. The number of nitrogens with one attached hydrogen (secondary N) is 1. The quantitative estimate of drug-likeness (QED) is 0.248. The normalized spacial score (nSPS) is 16.4. The number of fused-ring (bicyclic) bond motifs is 3. The lowest BCUT2D eigenvalue weighted by Gasteiger charge is -2.30. The van der Waals surface area contributed by atoms with Crippen molar-refractivity contribution in [1.82, 2.24) is 0 Å². The Morgan fingerprint density at radius 2 is 1.86 bits per heavy atom. The van der Waals surface area contributed by atoms with Gasteiger partial charge in [-0.2, -0.15) is 8.78 Å². The van der Waals surface area contributed by atoms with Gasteiger partial charge in [0.05, 0.1) is 14.2 Å². The van der Waals surface area contributed by atoms with Crippen LogP contribution in [0.25, 0.3) is 22.3 Å². The van der Waals surface area contributed by atoms with E-state index in [1.807, 2.05) is 36.4 Å². The van der Waals surface area contributed by atoms with E-state index < -0.39 is 6.61 Å². The summed E-state index contributed by atoms with van der Waals surface area (Å²) in [6.45, 7) is -1.95. The summed E-state index contributed by atoms with van der Waals surface area (Å²) in [6.07, 6.45) is 2.21. The molecule has 0 saturated heterocycles. The van der Waals surface area contributed by atoms with E-state index in [2.05, 4.69) is 39.4 Å². The van der Waals surface area contributed by atoms with Gasteiger partial charge >= 0.3 is 6.61 Å². The maximum Gasteiger partial charge on any atom is 0.387 e. The molecule has 3 nitrogen and oxygen atoms in total. The average molecular weight is 554 g/mol. The average Bonchev–Trinajstić information content (AvgIpc) is 3.60. The molecule has 1 fully saturated rings. The second kappa shape index (κ2) is 9.28. The summed E-state index contributed by atoms with van der Waals surface area (Å²) in [5, 5.41) is 3.61. The lowest BCUT2D eigenvalue weighted by molar-refractivity contribution is -0.0496. The van der Waals surface area contributed by atoms with Gasteiger partial charge in [-0.15, -0.1) is 11.3 Å². The lowest BCUT2D eigenvalue weighted by Crippen LogP contribution is -2.16. The van der Waals surface area contributed by atoms with Gasteiger partial charge in [0.2, 0.25) is 0 Å². The second-order valence-corrected chi connectivity index (χ2v) is 11.3. The zero-order chi connectivity index (χ0) is 23.9. The Morgan fingerprint density at radius 3 is 2.63 bits per heavy atom. The molecule has 2 heterocycles. The highest BCUT2D eigenvalue weighted by Gasteiger charge is 2.32. The predicted molar refractivity (Wildman–Crippen MR) is 140 cm³/mol. The van der Waals surface area contributed by atoms with Crippen LogP contribution in [0.15, 0.2) is 76.6 Å². The van der Waals surface area contributed by atoms with Gasteiger partial charge in [-0.1, -0.05) is 36.4 Å². The Bertz CT molecular complexity index is 1390. The molecule has 35 heavy (non-hydrogen) atoms. The zero-order valence-corrected chi connectivity index (χ0v) is 21.0. The van der Waals surface area contributed by atoms with E-state index in [4.69, 9.17) is 9.47 Å². The van der Waals surface area contributed by atoms with Crippen LogP contribution >= 0.6 is 27.3 Å². The Balaban J connectivity index is 1.48. The van der Waals surface area contributed by atoms with Gasteiger partial charge in [0.25, 0.3) is 0 Å². The van der Waals surface area contributed by atoms with E-state index in [-0.39, 0.29) is 11.9 Å². The van der Waals surface area contributed by atoms with Gasteiger partial charge in [0.15, 0.2) is 6.10 Å². The number of thiophene rings is 1. The summed E-state index contributed by atoms with van der Waals surface area (Å²) >= 11 is 5.15. The number of rotatable bonds is 7. The first kappa shape index (κ1) is 22.6. The minimum Gasteiger partial charge on any atom is -0.479 e. The molecule has 1 aliphatic heterocycles. The second-order valence-electron chi connectivity index (χ2n) is 8.82.